The van der Waals surface area contributed by atoms with Gasteiger partial charge in [0.25, 0.3) is 0 Å². The molecule has 0 spiro atoms. The minimum absolute atomic E-state index is 0.0466. The van der Waals surface area contributed by atoms with Crippen molar-refractivity contribution in [2.75, 3.05) is 45.1 Å². The van der Waals surface area contributed by atoms with Gasteiger partial charge >= 0.3 is 0 Å². The molecule has 7 heteroatoms. The Bertz CT molecular complexity index is 553. The summed E-state index contributed by atoms with van der Waals surface area (Å²) < 4.78 is 16.4. The van der Waals surface area contributed by atoms with E-state index in [0.717, 1.165) is 23.6 Å². The molecule has 1 heterocycles. The van der Waals surface area contributed by atoms with Crippen molar-refractivity contribution in [1.29, 1.82) is 0 Å². The Kier molecular flexibility index (Phi) is 6.77. The summed E-state index contributed by atoms with van der Waals surface area (Å²) >= 11 is 3.46. The maximum Gasteiger partial charge on any atom is 0.233 e. The molecule has 23 heavy (non-hydrogen) atoms. The highest BCUT2D eigenvalue weighted by Crippen LogP contribution is 2.48. The van der Waals surface area contributed by atoms with Gasteiger partial charge in [0.2, 0.25) is 11.7 Å². The third-order valence-corrected chi connectivity index (χ3v) is 5.77. The van der Waals surface area contributed by atoms with Crippen molar-refractivity contribution in [3.63, 3.8) is 0 Å². The predicted octanol–water partition coefficient (Wildman–Crippen LogP) is 3.04. The number of rotatable bonds is 8. The number of thioether (sulfide) groups is 2. The second-order valence-electron chi connectivity index (χ2n) is 4.87. The van der Waals surface area contributed by atoms with Crippen LogP contribution < -0.4 is 14.2 Å². The van der Waals surface area contributed by atoms with Gasteiger partial charge in [-0.1, -0.05) is 6.92 Å². The first-order chi connectivity index (χ1) is 11.2. The van der Waals surface area contributed by atoms with Crippen LogP contribution in [0.1, 0.15) is 17.9 Å². The van der Waals surface area contributed by atoms with Crippen LogP contribution in [0.25, 0.3) is 0 Å². The number of benzene rings is 1. The van der Waals surface area contributed by atoms with Crippen LogP contribution in [-0.2, 0) is 4.79 Å². The minimum atomic E-state index is -0.0466. The third kappa shape index (κ3) is 3.83. The number of carbonyl (C=O) groups excluding carboxylic acids is 1. The van der Waals surface area contributed by atoms with Crippen molar-refractivity contribution in [1.82, 2.24) is 4.90 Å². The highest BCUT2D eigenvalue weighted by molar-refractivity contribution is 8.00. The molecule has 1 aliphatic heterocycles. The van der Waals surface area contributed by atoms with Gasteiger partial charge in [-0.15, -0.1) is 11.8 Å². The first kappa shape index (κ1) is 18.1. The first-order valence-electron chi connectivity index (χ1n) is 7.45. The summed E-state index contributed by atoms with van der Waals surface area (Å²) in [6, 6.07) is 3.81. The van der Waals surface area contributed by atoms with Gasteiger partial charge in [-0.05, 0) is 17.9 Å². The van der Waals surface area contributed by atoms with Crippen molar-refractivity contribution in [2.45, 2.75) is 12.3 Å². The zero-order valence-corrected chi connectivity index (χ0v) is 15.6. The number of carbonyl (C=O) groups is 1. The van der Waals surface area contributed by atoms with Gasteiger partial charge in [0, 0.05) is 17.9 Å². The minimum Gasteiger partial charge on any atom is -0.493 e. The Hall–Kier alpha value is -1.21. The summed E-state index contributed by atoms with van der Waals surface area (Å²) in [6.45, 7) is 2.87. The third-order valence-electron chi connectivity index (χ3n) is 3.65. The molecule has 0 N–H and O–H groups in total. The molecule has 1 aliphatic rings. The Balaban J connectivity index is 2.33. The molecule has 1 atom stereocenters. The van der Waals surface area contributed by atoms with Crippen LogP contribution in [0.15, 0.2) is 12.1 Å². The first-order valence-corrected chi connectivity index (χ1v) is 9.65. The van der Waals surface area contributed by atoms with Crippen LogP contribution in [0, 0.1) is 0 Å². The standard InChI is InChI=1S/C16H23NO4S2/c1-5-22-9-8-17-13(18)10-23-16(17)11-6-7-12(19-2)15(21-4)14(11)20-3/h6-7,16H,5,8-10H2,1-4H3. The van der Waals surface area contributed by atoms with E-state index in [1.54, 1.807) is 33.1 Å². The van der Waals surface area contributed by atoms with Gasteiger partial charge in [-0.25, -0.2) is 0 Å². The van der Waals surface area contributed by atoms with E-state index in [4.69, 9.17) is 14.2 Å². The lowest BCUT2D eigenvalue weighted by Crippen LogP contribution is -2.30. The number of hydrogen-bond donors (Lipinski definition) is 0. The predicted molar refractivity (Wildman–Crippen MR) is 96.0 cm³/mol. The highest BCUT2D eigenvalue weighted by atomic mass is 32.2. The fourth-order valence-electron chi connectivity index (χ4n) is 2.58. The van der Waals surface area contributed by atoms with Gasteiger partial charge in [-0.2, -0.15) is 11.8 Å². The normalized spacial score (nSPS) is 17.5. The Morgan fingerprint density at radius 2 is 1.96 bits per heavy atom. The molecule has 2 rings (SSSR count). The van der Waals surface area contributed by atoms with Crippen molar-refractivity contribution in [3.8, 4) is 17.2 Å². The van der Waals surface area contributed by atoms with E-state index in [0.29, 0.717) is 23.0 Å². The molecule has 128 valence electrons. The van der Waals surface area contributed by atoms with Crippen molar-refractivity contribution in [3.05, 3.63) is 17.7 Å². The molecule has 5 nitrogen and oxygen atoms in total. The number of amides is 1. The molecule has 1 amide bonds. The zero-order valence-electron chi connectivity index (χ0n) is 14.0. The van der Waals surface area contributed by atoms with E-state index in [1.165, 1.54) is 0 Å². The quantitative estimate of drug-likeness (QED) is 0.667. The number of hydrogen-bond acceptors (Lipinski definition) is 6. The lowest BCUT2D eigenvalue weighted by molar-refractivity contribution is -0.127. The number of ether oxygens (including phenoxy) is 3. The van der Waals surface area contributed by atoms with E-state index in [2.05, 4.69) is 6.92 Å². The maximum atomic E-state index is 12.2. The van der Waals surface area contributed by atoms with Gasteiger partial charge in [0.1, 0.15) is 5.37 Å². The second kappa shape index (κ2) is 8.59. The van der Waals surface area contributed by atoms with E-state index in [9.17, 15) is 4.79 Å². The number of methoxy groups -OCH3 is 3. The summed E-state index contributed by atoms with van der Waals surface area (Å²) in [4.78, 5) is 14.2. The van der Waals surface area contributed by atoms with Gasteiger partial charge in [0.15, 0.2) is 11.5 Å². The van der Waals surface area contributed by atoms with Gasteiger partial charge in [-0.3, -0.25) is 4.79 Å². The van der Waals surface area contributed by atoms with Crippen LogP contribution in [-0.4, -0.2) is 55.9 Å². The van der Waals surface area contributed by atoms with Crippen LogP contribution >= 0.6 is 23.5 Å². The molecule has 0 bridgehead atoms. The molecule has 0 saturated carbocycles. The molecular formula is C16H23NO4S2. The van der Waals surface area contributed by atoms with E-state index in [1.807, 2.05) is 28.8 Å². The summed E-state index contributed by atoms with van der Waals surface area (Å²) in [5, 5.41) is -0.0466. The zero-order chi connectivity index (χ0) is 16.8. The molecule has 0 aromatic heterocycles. The molecule has 1 aromatic carbocycles. The smallest absolute Gasteiger partial charge is 0.233 e. The van der Waals surface area contributed by atoms with Crippen molar-refractivity contribution >= 4 is 29.4 Å². The fourth-order valence-corrected chi connectivity index (χ4v) is 4.43. The van der Waals surface area contributed by atoms with Crippen LogP contribution in [0.5, 0.6) is 17.2 Å². The SMILES string of the molecule is CCSCCN1C(=O)CSC1c1ccc(OC)c(OC)c1OC. The van der Waals surface area contributed by atoms with Gasteiger partial charge in [0.05, 0.1) is 27.1 Å². The monoisotopic (exact) mass is 357 g/mol. The lowest BCUT2D eigenvalue weighted by Gasteiger charge is -2.26. The molecule has 1 aromatic rings. The Morgan fingerprint density at radius 3 is 2.57 bits per heavy atom. The molecule has 1 saturated heterocycles. The molecule has 0 radical (unpaired) electrons. The maximum absolute atomic E-state index is 12.2. The van der Waals surface area contributed by atoms with Crippen LogP contribution in [0.3, 0.4) is 0 Å². The fraction of sp³-hybridized carbons (Fsp3) is 0.562. The topological polar surface area (TPSA) is 48.0 Å². The highest BCUT2D eigenvalue weighted by Gasteiger charge is 2.35. The Morgan fingerprint density at radius 1 is 1.22 bits per heavy atom. The average Bonchev–Trinajstić information content (AvgIpc) is 2.94. The molecule has 1 unspecified atom stereocenters. The van der Waals surface area contributed by atoms with Gasteiger partial charge < -0.3 is 19.1 Å². The molecule has 1 fully saturated rings. The van der Waals surface area contributed by atoms with Crippen molar-refractivity contribution in [2.24, 2.45) is 0 Å². The summed E-state index contributed by atoms with van der Waals surface area (Å²) in [5.74, 6) is 4.49. The van der Waals surface area contributed by atoms with Crippen LogP contribution in [0.2, 0.25) is 0 Å². The van der Waals surface area contributed by atoms with Crippen molar-refractivity contribution < 1.29 is 19.0 Å². The summed E-state index contributed by atoms with van der Waals surface area (Å²) in [6.07, 6.45) is 0. The van der Waals surface area contributed by atoms with E-state index in [-0.39, 0.29) is 11.3 Å². The van der Waals surface area contributed by atoms with E-state index >= 15 is 0 Å². The molecular weight excluding hydrogens is 334 g/mol. The van der Waals surface area contributed by atoms with Crippen LogP contribution in [0.4, 0.5) is 0 Å². The molecule has 0 aliphatic carbocycles. The Labute approximate surface area is 146 Å². The summed E-state index contributed by atoms with van der Waals surface area (Å²) in [7, 11) is 4.80. The van der Waals surface area contributed by atoms with E-state index < -0.39 is 0 Å². The number of nitrogens with zero attached hydrogens (tertiary/aromatic N) is 1. The largest absolute Gasteiger partial charge is 0.493 e. The average molecular weight is 357 g/mol. The lowest BCUT2D eigenvalue weighted by atomic mass is 10.1. The second-order valence-corrected chi connectivity index (χ2v) is 7.33. The summed E-state index contributed by atoms with van der Waals surface area (Å²) in [5.41, 5.74) is 0.947.